The number of hydrogen-bond acceptors (Lipinski definition) is 3. The van der Waals surface area contributed by atoms with Crippen LogP contribution in [0.4, 0.5) is 0 Å². The van der Waals surface area contributed by atoms with Gasteiger partial charge in [-0.25, -0.2) is 0 Å². The summed E-state index contributed by atoms with van der Waals surface area (Å²) in [5.74, 6) is 0.125. The van der Waals surface area contributed by atoms with Gasteiger partial charge in [0, 0.05) is 36.1 Å². The lowest BCUT2D eigenvalue weighted by atomic mass is 9.98. The molecule has 3 heterocycles. The highest BCUT2D eigenvalue weighted by molar-refractivity contribution is 7.10. The van der Waals surface area contributed by atoms with Crippen molar-refractivity contribution in [3.8, 4) is 0 Å². The van der Waals surface area contributed by atoms with Crippen LogP contribution in [-0.2, 0) is 4.79 Å². The first-order valence-electron chi connectivity index (χ1n) is 6.97. The van der Waals surface area contributed by atoms with E-state index in [1.54, 1.807) is 17.4 Å². The number of thiophene rings is 1. The van der Waals surface area contributed by atoms with Crippen molar-refractivity contribution < 1.29 is 4.79 Å². The minimum Gasteiger partial charge on any atom is -0.339 e. The van der Waals surface area contributed by atoms with Crippen LogP contribution in [0, 0.1) is 0 Å². The highest BCUT2D eigenvalue weighted by Crippen LogP contribution is 2.29. The van der Waals surface area contributed by atoms with Crippen molar-refractivity contribution in [3.05, 3.63) is 28.5 Å². The standard InChI is InChI=1S/C15H20N2OS/c1-17(13-9-11-4-5-12(10-13)16-11)15(18)7-6-14-3-2-8-19-14/h2-3,6-8,11-13,16H,4-5,9-10H2,1H3/b7-6+. The Morgan fingerprint density at radius 3 is 2.79 bits per heavy atom. The van der Waals surface area contributed by atoms with E-state index in [0.29, 0.717) is 18.1 Å². The molecule has 2 unspecified atom stereocenters. The maximum Gasteiger partial charge on any atom is 0.246 e. The third-order valence-corrected chi connectivity index (χ3v) is 5.11. The first-order chi connectivity index (χ1) is 9.22. The number of likely N-dealkylation sites (N-methyl/N-ethyl adjacent to an activating group) is 1. The molecule has 4 heteroatoms. The number of fused-ring (bicyclic) bond motifs is 2. The molecule has 3 nitrogen and oxygen atoms in total. The zero-order valence-corrected chi connectivity index (χ0v) is 12.0. The number of nitrogens with zero attached hydrogens (tertiary/aromatic N) is 1. The minimum absolute atomic E-state index is 0.125. The van der Waals surface area contributed by atoms with E-state index in [9.17, 15) is 4.79 Å². The molecule has 0 aliphatic carbocycles. The van der Waals surface area contributed by atoms with Crippen molar-refractivity contribution in [1.82, 2.24) is 10.2 Å². The quantitative estimate of drug-likeness (QED) is 0.860. The second kappa shape index (κ2) is 5.47. The maximum absolute atomic E-state index is 12.2. The monoisotopic (exact) mass is 276 g/mol. The van der Waals surface area contributed by atoms with Crippen LogP contribution in [0.15, 0.2) is 23.6 Å². The van der Waals surface area contributed by atoms with Gasteiger partial charge in [-0.1, -0.05) is 6.07 Å². The van der Waals surface area contributed by atoms with Crippen molar-refractivity contribution in [1.29, 1.82) is 0 Å². The lowest BCUT2D eigenvalue weighted by molar-refractivity contribution is -0.127. The molecule has 2 bridgehead atoms. The van der Waals surface area contributed by atoms with Crippen molar-refractivity contribution >= 4 is 23.3 Å². The van der Waals surface area contributed by atoms with E-state index in [1.807, 2.05) is 35.5 Å². The van der Waals surface area contributed by atoms with Crippen LogP contribution < -0.4 is 5.32 Å². The van der Waals surface area contributed by atoms with Gasteiger partial charge >= 0.3 is 0 Å². The van der Waals surface area contributed by atoms with E-state index in [2.05, 4.69) is 5.32 Å². The Labute approximate surface area is 118 Å². The van der Waals surface area contributed by atoms with Crippen LogP contribution >= 0.6 is 11.3 Å². The van der Waals surface area contributed by atoms with Crippen LogP contribution in [0.3, 0.4) is 0 Å². The third kappa shape index (κ3) is 2.90. The van der Waals surface area contributed by atoms with E-state index in [1.165, 1.54) is 12.8 Å². The molecule has 19 heavy (non-hydrogen) atoms. The lowest BCUT2D eigenvalue weighted by Crippen LogP contribution is -2.48. The smallest absolute Gasteiger partial charge is 0.246 e. The lowest BCUT2D eigenvalue weighted by Gasteiger charge is -2.35. The van der Waals surface area contributed by atoms with Crippen LogP contribution in [-0.4, -0.2) is 36.0 Å². The molecule has 1 N–H and O–H groups in total. The Morgan fingerprint density at radius 2 is 2.16 bits per heavy atom. The Morgan fingerprint density at radius 1 is 1.42 bits per heavy atom. The van der Waals surface area contributed by atoms with E-state index >= 15 is 0 Å². The van der Waals surface area contributed by atoms with Crippen LogP contribution in [0.25, 0.3) is 6.08 Å². The number of carbonyl (C=O) groups excluding carboxylic acids is 1. The Hall–Kier alpha value is -1.13. The minimum atomic E-state index is 0.125. The summed E-state index contributed by atoms with van der Waals surface area (Å²) in [7, 11) is 1.94. The van der Waals surface area contributed by atoms with Gasteiger partial charge in [-0.05, 0) is 43.2 Å². The topological polar surface area (TPSA) is 32.3 Å². The van der Waals surface area contributed by atoms with E-state index in [4.69, 9.17) is 0 Å². The molecular weight excluding hydrogens is 256 g/mol. The SMILES string of the molecule is CN(C(=O)/C=C/c1cccs1)C1CC2CCC(C1)N2. The molecule has 2 fully saturated rings. The van der Waals surface area contributed by atoms with Gasteiger partial charge in [-0.2, -0.15) is 0 Å². The highest BCUT2D eigenvalue weighted by atomic mass is 32.1. The first-order valence-corrected chi connectivity index (χ1v) is 7.85. The molecule has 2 aliphatic rings. The highest BCUT2D eigenvalue weighted by Gasteiger charge is 2.35. The summed E-state index contributed by atoms with van der Waals surface area (Å²) in [4.78, 5) is 15.3. The second-order valence-corrected chi connectivity index (χ2v) is 6.54. The normalized spacial score (nSPS) is 29.8. The summed E-state index contributed by atoms with van der Waals surface area (Å²) in [5, 5.41) is 5.64. The van der Waals surface area contributed by atoms with Gasteiger partial charge in [0.05, 0.1) is 0 Å². The molecule has 102 valence electrons. The number of hydrogen-bond donors (Lipinski definition) is 1. The number of nitrogens with one attached hydrogen (secondary N) is 1. The van der Waals surface area contributed by atoms with Gasteiger partial charge < -0.3 is 10.2 Å². The third-order valence-electron chi connectivity index (χ3n) is 4.28. The zero-order valence-electron chi connectivity index (χ0n) is 11.2. The zero-order chi connectivity index (χ0) is 13.2. The fourth-order valence-corrected chi connectivity index (χ4v) is 3.80. The van der Waals surface area contributed by atoms with Crippen molar-refractivity contribution in [2.45, 2.75) is 43.8 Å². The average molecular weight is 276 g/mol. The number of rotatable bonds is 3. The summed E-state index contributed by atoms with van der Waals surface area (Å²) in [5.41, 5.74) is 0. The van der Waals surface area contributed by atoms with Crippen molar-refractivity contribution in [2.75, 3.05) is 7.05 Å². The molecule has 1 amide bonds. The molecule has 0 saturated carbocycles. The molecule has 0 aromatic carbocycles. The molecule has 2 atom stereocenters. The van der Waals surface area contributed by atoms with Crippen LogP contribution in [0.2, 0.25) is 0 Å². The predicted octanol–water partition coefficient (Wildman–Crippen LogP) is 2.50. The van der Waals surface area contributed by atoms with Crippen molar-refractivity contribution in [2.24, 2.45) is 0 Å². The summed E-state index contributed by atoms with van der Waals surface area (Å²) >= 11 is 1.66. The van der Waals surface area contributed by atoms with Crippen LogP contribution in [0.5, 0.6) is 0 Å². The Bertz CT molecular complexity index is 456. The summed E-state index contributed by atoms with van der Waals surface area (Å²) < 4.78 is 0. The van der Waals surface area contributed by atoms with Crippen LogP contribution in [0.1, 0.15) is 30.6 Å². The van der Waals surface area contributed by atoms with Gasteiger partial charge in [-0.15, -0.1) is 11.3 Å². The molecule has 3 rings (SSSR count). The first kappa shape index (κ1) is 12.9. The molecular formula is C15H20N2OS. The fourth-order valence-electron chi connectivity index (χ4n) is 3.18. The molecule has 2 saturated heterocycles. The Balaban J connectivity index is 1.60. The number of amides is 1. The van der Waals surface area contributed by atoms with E-state index < -0.39 is 0 Å². The summed E-state index contributed by atoms with van der Waals surface area (Å²) in [6.07, 6.45) is 8.37. The molecule has 1 aromatic heterocycles. The molecule has 2 aliphatic heterocycles. The van der Waals surface area contributed by atoms with E-state index in [0.717, 1.165) is 17.7 Å². The predicted molar refractivity (Wildman–Crippen MR) is 79.1 cm³/mol. The van der Waals surface area contributed by atoms with Gasteiger partial charge in [-0.3, -0.25) is 4.79 Å². The number of piperidine rings is 1. The molecule has 0 spiro atoms. The molecule has 0 radical (unpaired) electrons. The van der Waals surface area contributed by atoms with Crippen molar-refractivity contribution in [3.63, 3.8) is 0 Å². The van der Waals surface area contributed by atoms with E-state index in [-0.39, 0.29) is 5.91 Å². The fraction of sp³-hybridized carbons (Fsp3) is 0.533. The second-order valence-electron chi connectivity index (χ2n) is 5.56. The van der Waals surface area contributed by atoms with Gasteiger partial charge in [0.2, 0.25) is 5.91 Å². The number of carbonyl (C=O) groups is 1. The average Bonchev–Trinajstić information content (AvgIpc) is 3.05. The van der Waals surface area contributed by atoms with Gasteiger partial charge in [0.15, 0.2) is 0 Å². The largest absolute Gasteiger partial charge is 0.339 e. The van der Waals surface area contributed by atoms with Gasteiger partial charge in [0.1, 0.15) is 0 Å². The molecule has 1 aromatic rings. The van der Waals surface area contributed by atoms with Gasteiger partial charge in [0.25, 0.3) is 0 Å². The maximum atomic E-state index is 12.2. The Kier molecular flexibility index (Phi) is 3.71. The summed E-state index contributed by atoms with van der Waals surface area (Å²) in [6, 6.07) is 5.68. The summed E-state index contributed by atoms with van der Waals surface area (Å²) in [6.45, 7) is 0.